The van der Waals surface area contributed by atoms with E-state index in [1.165, 1.54) is 18.5 Å². The molecule has 0 spiro atoms. The Morgan fingerprint density at radius 2 is 2.21 bits per heavy atom. The summed E-state index contributed by atoms with van der Waals surface area (Å²) in [6, 6.07) is 1.43. The van der Waals surface area contributed by atoms with Crippen LogP contribution in [0.1, 0.15) is 17.2 Å². The van der Waals surface area contributed by atoms with Gasteiger partial charge >= 0.3 is 0 Å². The third-order valence-corrected chi connectivity index (χ3v) is 2.28. The lowest BCUT2D eigenvalue weighted by Crippen LogP contribution is -2.01. The van der Waals surface area contributed by atoms with E-state index in [4.69, 9.17) is 5.11 Å². The van der Waals surface area contributed by atoms with Gasteiger partial charge in [-0.15, -0.1) is 0 Å². The Morgan fingerprint density at radius 1 is 1.50 bits per heavy atom. The van der Waals surface area contributed by atoms with Crippen LogP contribution in [-0.2, 0) is 16.5 Å². The molecule has 0 radical (unpaired) electrons. The summed E-state index contributed by atoms with van der Waals surface area (Å²) in [5.74, 6) is -0.144. The molecule has 0 fully saturated rings. The van der Waals surface area contributed by atoms with Crippen molar-refractivity contribution in [2.75, 3.05) is 6.67 Å². The van der Waals surface area contributed by atoms with E-state index in [-0.39, 0.29) is 5.75 Å². The number of rotatable bonds is 4. The Morgan fingerprint density at radius 3 is 2.79 bits per heavy atom. The molecule has 0 saturated heterocycles. The summed E-state index contributed by atoms with van der Waals surface area (Å²) in [7, 11) is -2.53. The Kier molecular flexibility index (Phi) is 3.97. The van der Waals surface area contributed by atoms with Crippen molar-refractivity contribution in [1.82, 2.24) is 4.98 Å². The largest absolute Gasteiger partial charge is 0.386 e. The van der Waals surface area contributed by atoms with Gasteiger partial charge in [-0.05, 0) is 11.6 Å². The highest BCUT2D eigenvalue weighted by Crippen LogP contribution is 2.13. The molecule has 1 N–H and O–H groups in total. The number of hydrogen-bond acceptors (Lipinski definition) is 4. The minimum atomic E-state index is -2.53. The van der Waals surface area contributed by atoms with Gasteiger partial charge in [0, 0.05) is 18.0 Å². The van der Waals surface area contributed by atoms with Gasteiger partial charge in [0.2, 0.25) is 0 Å². The molecule has 0 aliphatic carbocycles. The molecular formula is C8H10FNO3S. The Balaban J connectivity index is 2.89. The first kappa shape index (κ1) is 11.1. The van der Waals surface area contributed by atoms with E-state index in [9.17, 15) is 12.8 Å². The molecule has 0 aliphatic rings. The molecule has 0 bridgehead atoms. The van der Waals surface area contributed by atoms with Crippen LogP contribution in [0.4, 0.5) is 4.39 Å². The summed E-state index contributed by atoms with van der Waals surface area (Å²) in [5.41, 5.74) is 0.743. The van der Waals surface area contributed by atoms with Crippen molar-refractivity contribution >= 4 is 10.7 Å². The van der Waals surface area contributed by atoms with E-state index in [2.05, 4.69) is 4.98 Å². The maximum atomic E-state index is 12.1. The monoisotopic (exact) mass is 219 g/mol. The maximum Gasteiger partial charge on any atom is 0.144 e. The molecule has 0 saturated carbocycles. The highest BCUT2D eigenvalue weighted by atomic mass is 32.2. The SMILES string of the molecule is O=[SH](=O)Cc1cncc(C(O)CF)c1. The number of aliphatic hydroxyl groups is 1. The van der Waals surface area contributed by atoms with Crippen molar-refractivity contribution < 1.29 is 17.9 Å². The molecule has 1 atom stereocenters. The first-order valence-electron chi connectivity index (χ1n) is 3.93. The summed E-state index contributed by atoms with van der Waals surface area (Å²) >= 11 is 0. The zero-order chi connectivity index (χ0) is 10.6. The molecule has 1 aromatic rings. The maximum absolute atomic E-state index is 12.1. The predicted molar refractivity (Wildman–Crippen MR) is 49.2 cm³/mol. The van der Waals surface area contributed by atoms with Gasteiger partial charge in [0.25, 0.3) is 0 Å². The number of nitrogens with zero attached hydrogens (tertiary/aromatic N) is 1. The third-order valence-electron chi connectivity index (χ3n) is 1.66. The Bertz CT molecular complexity index is 373. The fourth-order valence-corrected chi connectivity index (χ4v) is 1.49. The van der Waals surface area contributed by atoms with Crippen LogP contribution < -0.4 is 0 Å². The van der Waals surface area contributed by atoms with Gasteiger partial charge in [0.1, 0.15) is 23.5 Å². The van der Waals surface area contributed by atoms with Gasteiger partial charge in [-0.25, -0.2) is 12.8 Å². The highest BCUT2D eigenvalue weighted by molar-refractivity contribution is 7.71. The van der Waals surface area contributed by atoms with Gasteiger partial charge in [0.15, 0.2) is 0 Å². The standard InChI is InChI=1S/C8H10FNO3S/c9-2-8(11)7-1-6(3-10-4-7)5-14(12)13/h1,3-4,8,11,14H,2,5H2. The molecule has 14 heavy (non-hydrogen) atoms. The number of hydrogen-bond donors (Lipinski definition) is 2. The molecule has 1 unspecified atom stereocenters. The molecule has 78 valence electrons. The van der Waals surface area contributed by atoms with Gasteiger partial charge in [0.05, 0.1) is 5.75 Å². The summed E-state index contributed by atoms with van der Waals surface area (Å²) in [6.07, 6.45) is 1.46. The van der Waals surface area contributed by atoms with Crippen molar-refractivity contribution in [3.05, 3.63) is 29.6 Å². The van der Waals surface area contributed by atoms with Crippen LogP contribution in [0.3, 0.4) is 0 Å². The topological polar surface area (TPSA) is 67.3 Å². The molecule has 0 amide bonds. The van der Waals surface area contributed by atoms with Crippen molar-refractivity contribution in [2.24, 2.45) is 0 Å². The van der Waals surface area contributed by atoms with E-state index in [0.29, 0.717) is 11.1 Å². The first-order valence-corrected chi connectivity index (χ1v) is 5.29. The number of halogens is 1. The predicted octanol–water partition coefficient (Wildman–Crippen LogP) is 0.196. The lowest BCUT2D eigenvalue weighted by molar-refractivity contribution is 0.141. The first-order chi connectivity index (χ1) is 6.63. The quantitative estimate of drug-likeness (QED) is 0.710. The van der Waals surface area contributed by atoms with Gasteiger partial charge < -0.3 is 5.11 Å². The van der Waals surface area contributed by atoms with E-state index >= 15 is 0 Å². The molecule has 1 aromatic heterocycles. The number of aromatic nitrogens is 1. The average Bonchev–Trinajstić information content (AvgIpc) is 2.16. The van der Waals surface area contributed by atoms with Crippen molar-refractivity contribution in [1.29, 1.82) is 0 Å². The normalized spacial score (nSPS) is 13.1. The minimum Gasteiger partial charge on any atom is -0.386 e. The third kappa shape index (κ3) is 3.04. The minimum absolute atomic E-state index is 0.144. The fraction of sp³-hybridized carbons (Fsp3) is 0.375. The zero-order valence-corrected chi connectivity index (χ0v) is 8.15. The van der Waals surface area contributed by atoms with Crippen LogP contribution in [0.15, 0.2) is 18.5 Å². The zero-order valence-electron chi connectivity index (χ0n) is 7.26. The Hall–Kier alpha value is -1.01. The van der Waals surface area contributed by atoms with Crippen LogP contribution >= 0.6 is 0 Å². The second-order valence-corrected chi connectivity index (χ2v) is 3.77. The Labute approximate surface area is 82.4 Å². The number of aliphatic hydroxyl groups excluding tert-OH is 1. The van der Waals surface area contributed by atoms with E-state index in [1.54, 1.807) is 0 Å². The van der Waals surface area contributed by atoms with Crippen LogP contribution in [0.25, 0.3) is 0 Å². The lowest BCUT2D eigenvalue weighted by Gasteiger charge is -2.06. The number of pyridine rings is 1. The van der Waals surface area contributed by atoms with E-state index in [1.807, 2.05) is 0 Å². The van der Waals surface area contributed by atoms with Crippen molar-refractivity contribution in [3.8, 4) is 0 Å². The summed E-state index contributed by atoms with van der Waals surface area (Å²) in [4.78, 5) is 3.71. The second kappa shape index (κ2) is 5.02. The van der Waals surface area contributed by atoms with Crippen LogP contribution in [0.2, 0.25) is 0 Å². The molecule has 1 rings (SSSR count). The summed E-state index contributed by atoms with van der Waals surface area (Å²) in [6.45, 7) is -0.908. The summed E-state index contributed by atoms with van der Waals surface area (Å²) < 4.78 is 32.9. The second-order valence-electron chi connectivity index (χ2n) is 2.79. The molecule has 0 aliphatic heterocycles. The molecule has 6 heteroatoms. The molecule has 0 aromatic carbocycles. The molecule has 4 nitrogen and oxygen atoms in total. The summed E-state index contributed by atoms with van der Waals surface area (Å²) in [5, 5.41) is 9.12. The van der Waals surface area contributed by atoms with Crippen LogP contribution in [-0.4, -0.2) is 25.2 Å². The van der Waals surface area contributed by atoms with E-state index in [0.717, 1.165) is 0 Å². The van der Waals surface area contributed by atoms with Crippen LogP contribution in [0, 0.1) is 0 Å². The molecular weight excluding hydrogens is 209 g/mol. The highest BCUT2D eigenvalue weighted by Gasteiger charge is 2.07. The smallest absolute Gasteiger partial charge is 0.144 e. The molecule has 1 heterocycles. The van der Waals surface area contributed by atoms with E-state index < -0.39 is 23.5 Å². The number of thiol groups is 1. The number of alkyl halides is 1. The van der Waals surface area contributed by atoms with Gasteiger partial charge in [-0.2, -0.15) is 0 Å². The van der Waals surface area contributed by atoms with Gasteiger partial charge in [-0.3, -0.25) is 4.98 Å². The van der Waals surface area contributed by atoms with Crippen molar-refractivity contribution in [3.63, 3.8) is 0 Å². The fourth-order valence-electron chi connectivity index (χ4n) is 1.01. The van der Waals surface area contributed by atoms with Crippen LogP contribution in [0.5, 0.6) is 0 Å². The average molecular weight is 219 g/mol. The van der Waals surface area contributed by atoms with Gasteiger partial charge in [-0.1, -0.05) is 0 Å². The lowest BCUT2D eigenvalue weighted by atomic mass is 10.1. The van der Waals surface area contributed by atoms with Crippen molar-refractivity contribution in [2.45, 2.75) is 11.9 Å².